The molecule has 1 unspecified atom stereocenters. The molecule has 4 rings (SSSR count). The van der Waals surface area contributed by atoms with E-state index in [1.54, 1.807) is 37.3 Å². The Balaban J connectivity index is 2.03. The summed E-state index contributed by atoms with van der Waals surface area (Å²) in [5.74, 6) is 0. The lowest BCUT2D eigenvalue weighted by molar-refractivity contribution is -0.184. The number of nitriles is 1. The summed E-state index contributed by atoms with van der Waals surface area (Å²) in [6, 6.07) is 13.2. The number of carbonyl (C=O) groups is 1. The normalized spacial score (nSPS) is 21.4. The Kier molecular flexibility index (Phi) is 3.75. The molecular formula is C19H12F3N3OS. The fourth-order valence-electron chi connectivity index (χ4n) is 3.32. The van der Waals surface area contributed by atoms with E-state index in [0.717, 1.165) is 22.2 Å². The van der Waals surface area contributed by atoms with Gasteiger partial charge in [-0.1, -0.05) is 53.7 Å². The molecule has 0 aliphatic carbocycles. The van der Waals surface area contributed by atoms with Gasteiger partial charge in [-0.25, -0.2) is 4.79 Å². The summed E-state index contributed by atoms with van der Waals surface area (Å²) < 4.78 is 43.1. The Bertz CT molecular complexity index is 1020. The third-order valence-corrected chi connectivity index (χ3v) is 5.77. The predicted molar refractivity (Wildman–Crippen MR) is 94.9 cm³/mol. The Morgan fingerprint density at radius 2 is 1.81 bits per heavy atom. The molecule has 0 saturated carbocycles. The minimum Gasteiger partial charge on any atom is -0.315 e. The molecule has 1 atom stereocenters. The Labute approximate surface area is 157 Å². The van der Waals surface area contributed by atoms with Crippen molar-refractivity contribution >= 4 is 23.5 Å². The fraction of sp³-hybridized carbons (Fsp3) is 0.158. The van der Waals surface area contributed by atoms with Crippen molar-refractivity contribution in [2.75, 3.05) is 4.90 Å². The van der Waals surface area contributed by atoms with E-state index in [-0.39, 0.29) is 10.6 Å². The molecule has 1 N–H and O–H groups in total. The SMILES string of the molecule is Cc1ccc(C2(C(F)(F)F)NC(=O)N3C(=C2C#N)Sc2ccccc23)cc1. The lowest BCUT2D eigenvalue weighted by Gasteiger charge is -2.42. The van der Waals surface area contributed by atoms with Gasteiger partial charge < -0.3 is 5.32 Å². The van der Waals surface area contributed by atoms with Gasteiger partial charge in [0.2, 0.25) is 5.54 Å². The van der Waals surface area contributed by atoms with Crippen LogP contribution in [-0.2, 0) is 5.54 Å². The van der Waals surface area contributed by atoms with E-state index in [2.05, 4.69) is 5.32 Å². The van der Waals surface area contributed by atoms with Crippen LogP contribution in [-0.4, -0.2) is 12.2 Å². The van der Waals surface area contributed by atoms with Crippen LogP contribution in [0.5, 0.6) is 0 Å². The van der Waals surface area contributed by atoms with Crippen LogP contribution in [0.3, 0.4) is 0 Å². The molecule has 4 nitrogen and oxygen atoms in total. The van der Waals surface area contributed by atoms with Crippen molar-refractivity contribution in [3.8, 4) is 6.07 Å². The molecule has 2 aliphatic rings. The van der Waals surface area contributed by atoms with Crippen LogP contribution in [0.15, 0.2) is 64.0 Å². The van der Waals surface area contributed by atoms with Gasteiger partial charge >= 0.3 is 12.2 Å². The highest BCUT2D eigenvalue weighted by molar-refractivity contribution is 8.03. The number of thioether (sulfide) groups is 1. The summed E-state index contributed by atoms with van der Waals surface area (Å²) in [6.45, 7) is 1.75. The van der Waals surface area contributed by atoms with Gasteiger partial charge in [0.1, 0.15) is 16.7 Å². The minimum atomic E-state index is -4.91. The molecule has 0 radical (unpaired) electrons. The van der Waals surface area contributed by atoms with Crippen molar-refractivity contribution in [2.45, 2.75) is 23.5 Å². The average Bonchev–Trinajstić information content (AvgIpc) is 3.01. The van der Waals surface area contributed by atoms with Crippen molar-refractivity contribution in [3.63, 3.8) is 0 Å². The number of hydrogen-bond acceptors (Lipinski definition) is 3. The highest BCUT2D eigenvalue weighted by atomic mass is 32.2. The van der Waals surface area contributed by atoms with E-state index in [4.69, 9.17) is 0 Å². The molecule has 0 saturated heterocycles. The number of aryl methyl sites for hydroxylation is 1. The molecule has 2 aromatic carbocycles. The third-order valence-electron chi connectivity index (χ3n) is 4.62. The van der Waals surface area contributed by atoms with E-state index in [0.29, 0.717) is 10.6 Å². The van der Waals surface area contributed by atoms with Gasteiger partial charge in [0, 0.05) is 4.90 Å². The van der Waals surface area contributed by atoms with Crippen LogP contribution in [0.4, 0.5) is 23.7 Å². The minimum absolute atomic E-state index is 0.0136. The predicted octanol–water partition coefficient (Wildman–Crippen LogP) is 4.82. The van der Waals surface area contributed by atoms with Crippen LogP contribution >= 0.6 is 11.8 Å². The van der Waals surface area contributed by atoms with Gasteiger partial charge in [-0.05, 0) is 24.6 Å². The second-order valence-corrected chi connectivity index (χ2v) is 7.27. The first-order valence-corrected chi connectivity index (χ1v) is 8.79. The summed E-state index contributed by atoms with van der Waals surface area (Å²) in [4.78, 5) is 14.5. The lowest BCUT2D eigenvalue weighted by Crippen LogP contribution is -2.63. The van der Waals surface area contributed by atoms with E-state index >= 15 is 0 Å². The van der Waals surface area contributed by atoms with Crippen molar-refractivity contribution < 1.29 is 18.0 Å². The maximum atomic E-state index is 14.4. The van der Waals surface area contributed by atoms with Crippen molar-refractivity contribution in [1.29, 1.82) is 5.26 Å². The average molecular weight is 387 g/mol. The van der Waals surface area contributed by atoms with Gasteiger partial charge in [-0.2, -0.15) is 18.4 Å². The van der Waals surface area contributed by atoms with Crippen molar-refractivity contribution in [1.82, 2.24) is 5.32 Å². The molecule has 8 heteroatoms. The number of fused-ring (bicyclic) bond motifs is 3. The zero-order valence-electron chi connectivity index (χ0n) is 14.0. The van der Waals surface area contributed by atoms with E-state index in [1.807, 2.05) is 0 Å². The first-order chi connectivity index (χ1) is 12.8. The number of benzene rings is 2. The first kappa shape index (κ1) is 17.5. The number of anilines is 1. The zero-order valence-corrected chi connectivity index (χ0v) is 14.8. The molecule has 0 fully saturated rings. The molecule has 2 heterocycles. The van der Waals surface area contributed by atoms with Crippen molar-refractivity contribution in [2.24, 2.45) is 0 Å². The van der Waals surface area contributed by atoms with Gasteiger partial charge in [-0.15, -0.1) is 0 Å². The number of nitrogens with zero attached hydrogens (tertiary/aromatic N) is 2. The molecule has 0 spiro atoms. The van der Waals surface area contributed by atoms with E-state index < -0.39 is 23.3 Å². The number of urea groups is 1. The molecule has 0 aromatic heterocycles. The Morgan fingerprint density at radius 3 is 2.44 bits per heavy atom. The second kappa shape index (κ2) is 5.79. The van der Waals surface area contributed by atoms with Gasteiger partial charge in [0.25, 0.3) is 0 Å². The van der Waals surface area contributed by atoms with E-state index in [9.17, 15) is 23.2 Å². The van der Waals surface area contributed by atoms with Gasteiger partial charge in [-0.3, -0.25) is 4.90 Å². The molecular weight excluding hydrogens is 375 g/mol. The number of carbonyl (C=O) groups excluding carboxylic acids is 1. The molecule has 136 valence electrons. The quantitative estimate of drug-likeness (QED) is 0.763. The van der Waals surface area contributed by atoms with Gasteiger partial charge in [0.15, 0.2) is 0 Å². The largest absolute Gasteiger partial charge is 0.420 e. The maximum Gasteiger partial charge on any atom is 0.420 e. The fourth-order valence-corrected chi connectivity index (χ4v) is 4.51. The molecule has 2 amide bonds. The monoisotopic (exact) mass is 387 g/mol. The van der Waals surface area contributed by atoms with Crippen molar-refractivity contribution in [3.05, 3.63) is 70.3 Å². The Hall–Kier alpha value is -2.92. The highest BCUT2D eigenvalue weighted by Crippen LogP contribution is 2.55. The molecule has 2 aliphatic heterocycles. The number of alkyl halides is 3. The lowest BCUT2D eigenvalue weighted by atomic mass is 9.81. The third kappa shape index (κ3) is 2.35. The number of para-hydroxylation sites is 1. The second-order valence-electron chi connectivity index (χ2n) is 6.24. The maximum absolute atomic E-state index is 14.4. The van der Waals surface area contributed by atoms with Crippen LogP contribution in [0.2, 0.25) is 0 Å². The van der Waals surface area contributed by atoms with Crippen LogP contribution in [0, 0.1) is 18.3 Å². The number of hydrogen-bond donors (Lipinski definition) is 1. The smallest absolute Gasteiger partial charge is 0.315 e. The molecule has 27 heavy (non-hydrogen) atoms. The number of amides is 2. The highest BCUT2D eigenvalue weighted by Gasteiger charge is 2.64. The van der Waals surface area contributed by atoms with Crippen LogP contribution in [0.25, 0.3) is 0 Å². The standard InChI is InChI=1S/C19H12F3N3OS/c1-11-6-8-12(9-7-11)18(19(20,21)22)13(10-23)16-25(17(26)24-18)14-4-2-3-5-15(14)27-16/h2-9H,1H3,(H,24,26). The summed E-state index contributed by atoms with van der Waals surface area (Å²) in [5.41, 5.74) is -2.40. The number of nitrogens with one attached hydrogen (secondary N) is 1. The van der Waals surface area contributed by atoms with Crippen LogP contribution < -0.4 is 10.2 Å². The summed E-state index contributed by atoms with van der Waals surface area (Å²) in [6.07, 6.45) is -4.91. The first-order valence-electron chi connectivity index (χ1n) is 7.97. The van der Waals surface area contributed by atoms with Gasteiger partial charge in [0.05, 0.1) is 5.69 Å². The van der Waals surface area contributed by atoms with E-state index in [1.165, 1.54) is 24.3 Å². The topological polar surface area (TPSA) is 56.1 Å². The van der Waals surface area contributed by atoms with Crippen LogP contribution in [0.1, 0.15) is 11.1 Å². The molecule has 0 bridgehead atoms. The summed E-state index contributed by atoms with van der Waals surface area (Å²) in [7, 11) is 0. The number of rotatable bonds is 1. The number of halogens is 3. The molecule has 2 aromatic rings. The summed E-state index contributed by atoms with van der Waals surface area (Å²) >= 11 is 0.995. The summed E-state index contributed by atoms with van der Waals surface area (Å²) in [5, 5.41) is 11.8. The Morgan fingerprint density at radius 1 is 1.15 bits per heavy atom. The zero-order chi connectivity index (χ0) is 19.4.